The first-order valence-corrected chi connectivity index (χ1v) is 8.14. The topological polar surface area (TPSA) is 72.7 Å². The Morgan fingerprint density at radius 2 is 1.96 bits per heavy atom. The molecule has 2 aromatic rings. The molecule has 0 N–H and O–H groups in total. The van der Waals surface area contributed by atoms with Gasteiger partial charge in [0.25, 0.3) is 5.69 Å². The standard InChI is InChI=1S/C19H17FN2O4/c20-17-13-15(5-6-18(17)21-8-10-26-11-9-21)19(23)7-4-14-2-1-3-16(12-14)22(24)25/h1-7,12-13H,8-11H2/b7-4+. The summed E-state index contributed by atoms with van der Waals surface area (Å²) in [6.07, 6.45) is 2.76. The van der Waals surface area contributed by atoms with E-state index in [-0.39, 0.29) is 17.0 Å². The molecular weight excluding hydrogens is 339 g/mol. The molecule has 1 heterocycles. The van der Waals surface area contributed by atoms with E-state index in [4.69, 9.17) is 4.74 Å². The lowest BCUT2D eigenvalue weighted by Gasteiger charge is -2.29. The van der Waals surface area contributed by atoms with Crippen molar-refractivity contribution in [1.82, 2.24) is 0 Å². The normalized spacial score (nSPS) is 14.6. The first kappa shape index (κ1) is 17.8. The number of hydrogen-bond acceptors (Lipinski definition) is 5. The Balaban J connectivity index is 1.74. The predicted octanol–water partition coefficient (Wildman–Crippen LogP) is 3.47. The zero-order valence-corrected chi connectivity index (χ0v) is 13.9. The van der Waals surface area contributed by atoms with Crippen LogP contribution < -0.4 is 4.90 Å². The molecule has 0 unspecified atom stereocenters. The summed E-state index contributed by atoms with van der Waals surface area (Å²) in [4.78, 5) is 24.4. The smallest absolute Gasteiger partial charge is 0.270 e. The third kappa shape index (κ3) is 4.12. The number of benzene rings is 2. The molecular formula is C19H17FN2O4. The predicted molar refractivity (Wildman–Crippen MR) is 95.9 cm³/mol. The van der Waals surface area contributed by atoms with Gasteiger partial charge < -0.3 is 9.64 Å². The van der Waals surface area contributed by atoms with Crippen LogP contribution in [0.5, 0.6) is 0 Å². The number of nitro groups is 1. The van der Waals surface area contributed by atoms with Crippen LogP contribution in [0.25, 0.3) is 6.08 Å². The van der Waals surface area contributed by atoms with E-state index >= 15 is 0 Å². The maximum Gasteiger partial charge on any atom is 0.270 e. The number of hydrogen-bond donors (Lipinski definition) is 0. The second-order valence-corrected chi connectivity index (χ2v) is 5.82. The molecule has 7 heteroatoms. The highest BCUT2D eigenvalue weighted by atomic mass is 19.1. The second-order valence-electron chi connectivity index (χ2n) is 5.82. The van der Waals surface area contributed by atoms with E-state index < -0.39 is 10.7 Å². The summed E-state index contributed by atoms with van der Waals surface area (Å²) in [7, 11) is 0. The van der Waals surface area contributed by atoms with Gasteiger partial charge in [-0.2, -0.15) is 0 Å². The van der Waals surface area contributed by atoms with E-state index in [9.17, 15) is 19.3 Å². The fourth-order valence-corrected chi connectivity index (χ4v) is 2.73. The van der Waals surface area contributed by atoms with Gasteiger partial charge in [-0.3, -0.25) is 14.9 Å². The van der Waals surface area contributed by atoms with Gasteiger partial charge in [-0.15, -0.1) is 0 Å². The summed E-state index contributed by atoms with van der Waals surface area (Å²) in [5.74, 6) is -0.828. The molecule has 134 valence electrons. The quantitative estimate of drug-likeness (QED) is 0.355. The average Bonchev–Trinajstić information content (AvgIpc) is 2.67. The molecule has 0 spiro atoms. The molecule has 0 radical (unpaired) electrons. The molecule has 3 rings (SSSR count). The van der Waals surface area contributed by atoms with Crippen molar-refractivity contribution in [2.24, 2.45) is 0 Å². The van der Waals surface area contributed by atoms with Gasteiger partial charge in [0.05, 0.1) is 23.8 Å². The molecule has 0 aromatic heterocycles. The molecule has 1 aliphatic heterocycles. The number of halogens is 1. The zero-order valence-electron chi connectivity index (χ0n) is 13.9. The van der Waals surface area contributed by atoms with Crippen LogP contribution in [0.1, 0.15) is 15.9 Å². The number of non-ortho nitro benzene ring substituents is 1. The third-order valence-electron chi connectivity index (χ3n) is 4.09. The Bertz CT molecular complexity index is 860. The van der Waals surface area contributed by atoms with Crippen molar-refractivity contribution in [2.75, 3.05) is 31.2 Å². The first-order chi connectivity index (χ1) is 12.5. The lowest BCUT2D eigenvalue weighted by molar-refractivity contribution is -0.384. The minimum absolute atomic E-state index is 0.0551. The number of carbonyl (C=O) groups is 1. The van der Waals surface area contributed by atoms with Crippen molar-refractivity contribution in [3.8, 4) is 0 Å². The van der Waals surface area contributed by atoms with Gasteiger partial charge in [-0.25, -0.2) is 4.39 Å². The zero-order chi connectivity index (χ0) is 18.5. The molecule has 0 atom stereocenters. The van der Waals surface area contributed by atoms with Gasteiger partial charge in [-0.1, -0.05) is 18.2 Å². The fourth-order valence-electron chi connectivity index (χ4n) is 2.73. The van der Waals surface area contributed by atoms with E-state index in [0.29, 0.717) is 37.6 Å². The maximum atomic E-state index is 14.4. The Morgan fingerprint density at radius 3 is 2.65 bits per heavy atom. The first-order valence-electron chi connectivity index (χ1n) is 8.14. The van der Waals surface area contributed by atoms with Crippen molar-refractivity contribution in [3.63, 3.8) is 0 Å². The number of ether oxygens (including phenoxy) is 1. The SMILES string of the molecule is O=C(/C=C/c1cccc([N+](=O)[O-])c1)c1ccc(N2CCOCC2)c(F)c1. The molecule has 6 nitrogen and oxygen atoms in total. The van der Waals surface area contributed by atoms with Crippen molar-refractivity contribution in [2.45, 2.75) is 0 Å². The average molecular weight is 356 g/mol. The van der Waals surface area contributed by atoms with Gasteiger partial charge in [0.2, 0.25) is 0 Å². The number of anilines is 1. The van der Waals surface area contributed by atoms with E-state index in [1.54, 1.807) is 24.3 Å². The van der Waals surface area contributed by atoms with Crippen LogP contribution in [0.4, 0.5) is 15.8 Å². The van der Waals surface area contributed by atoms with Gasteiger partial charge in [-0.05, 0) is 29.8 Å². The van der Waals surface area contributed by atoms with Crippen molar-refractivity contribution < 1.29 is 18.8 Å². The molecule has 26 heavy (non-hydrogen) atoms. The molecule has 0 bridgehead atoms. The number of carbonyl (C=O) groups excluding carboxylic acids is 1. The van der Waals surface area contributed by atoms with Crippen molar-refractivity contribution >= 4 is 23.2 Å². The summed E-state index contributed by atoms with van der Waals surface area (Å²) in [6.45, 7) is 2.31. The highest BCUT2D eigenvalue weighted by Gasteiger charge is 2.16. The third-order valence-corrected chi connectivity index (χ3v) is 4.09. The molecule has 0 amide bonds. The van der Waals surface area contributed by atoms with Crippen LogP contribution >= 0.6 is 0 Å². The summed E-state index contributed by atoms with van der Waals surface area (Å²) in [5, 5.41) is 10.8. The van der Waals surface area contributed by atoms with E-state index in [0.717, 1.165) is 0 Å². The summed E-state index contributed by atoms with van der Waals surface area (Å²) in [6, 6.07) is 10.3. The Morgan fingerprint density at radius 1 is 1.19 bits per heavy atom. The van der Waals surface area contributed by atoms with E-state index in [1.807, 2.05) is 4.90 Å². The van der Waals surface area contributed by atoms with Crippen LogP contribution in [0.3, 0.4) is 0 Å². The number of morpholine rings is 1. The van der Waals surface area contributed by atoms with Crippen molar-refractivity contribution in [3.05, 3.63) is 75.6 Å². The van der Waals surface area contributed by atoms with Crippen LogP contribution in [0.15, 0.2) is 48.5 Å². The lowest BCUT2D eigenvalue weighted by atomic mass is 10.1. The molecule has 1 aliphatic rings. The number of ketones is 1. The molecule has 0 saturated carbocycles. The van der Waals surface area contributed by atoms with Gasteiger partial charge in [0.1, 0.15) is 5.82 Å². The van der Waals surface area contributed by atoms with E-state index in [1.165, 1.54) is 30.4 Å². The minimum atomic E-state index is -0.501. The molecule has 0 aliphatic carbocycles. The molecule has 2 aromatic carbocycles. The Labute approximate surface area is 149 Å². The number of nitro benzene ring substituents is 1. The Kier molecular flexibility index (Phi) is 5.38. The summed E-state index contributed by atoms with van der Waals surface area (Å²) < 4.78 is 19.6. The maximum absolute atomic E-state index is 14.4. The Hall–Kier alpha value is -3.06. The molecule has 1 fully saturated rings. The summed E-state index contributed by atoms with van der Waals surface area (Å²) in [5.41, 5.74) is 1.15. The van der Waals surface area contributed by atoms with Crippen LogP contribution in [0.2, 0.25) is 0 Å². The van der Waals surface area contributed by atoms with Crippen LogP contribution in [-0.4, -0.2) is 37.0 Å². The minimum Gasteiger partial charge on any atom is -0.378 e. The number of rotatable bonds is 5. The second kappa shape index (κ2) is 7.88. The fraction of sp³-hybridized carbons (Fsp3) is 0.211. The van der Waals surface area contributed by atoms with Crippen LogP contribution in [0, 0.1) is 15.9 Å². The largest absolute Gasteiger partial charge is 0.378 e. The number of allylic oxidation sites excluding steroid dienone is 1. The van der Waals surface area contributed by atoms with Crippen LogP contribution in [-0.2, 0) is 4.74 Å². The van der Waals surface area contributed by atoms with Gasteiger partial charge >= 0.3 is 0 Å². The van der Waals surface area contributed by atoms with E-state index in [2.05, 4.69) is 0 Å². The van der Waals surface area contributed by atoms with Gasteiger partial charge in [0, 0.05) is 30.8 Å². The summed E-state index contributed by atoms with van der Waals surface area (Å²) >= 11 is 0. The highest BCUT2D eigenvalue weighted by Crippen LogP contribution is 2.22. The molecule has 1 saturated heterocycles. The van der Waals surface area contributed by atoms with Crippen molar-refractivity contribution in [1.29, 1.82) is 0 Å². The monoisotopic (exact) mass is 356 g/mol. The number of nitrogens with zero attached hydrogens (tertiary/aromatic N) is 2. The lowest BCUT2D eigenvalue weighted by Crippen LogP contribution is -2.36. The highest BCUT2D eigenvalue weighted by molar-refractivity contribution is 6.07. The van der Waals surface area contributed by atoms with Gasteiger partial charge in [0.15, 0.2) is 5.78 Å².